The number of benzene rings is 1. The summed E-state index contributed by atoms with van der Waals surface area (Å²) in [4.78, 5) is 11.9. The van der Waals surface area contributed by atoms with Crippen LogP contribution in [-0.4, -0.2) is 12.5 Å². The lowest BCUT2D eigenvalue weighted by atomic mass is 10.1. The van der Waals surface area contributed by atoms with Crippen LogP contribution in [0, 0.1) is 0 Å². The third kappa shape index (κ3) is 3.44. The molecule has 1 aliphatic rings. The van der Waals surface area contributed by atoms with E-state index in [0.717, 1.165) is 12.0 Å². The Balaban J connectivity index is 1.77. The lowest BCUT2D eigenvalue weighted by molar-refractivity contribution is -0.122. The molecular weight excluding hydrogens is 224 g/mol. The van der Waals surface area contributed by atoms with Crippen molar-refractivity contribution < 1.29 is 4.79 Å². The van der Waals surface area contributed by atoms with E-state index in [2.05, 4.69) is 11.4 Å². The van der Waals surface area contributed by atoms with Crippen LogP contribution in [-0.2, 0) is 4.79 Å². The fourth-order valence-electron chi connectivity index (χ4n) is 2.23. The van der Waals surface area contributed by atoms with Crippen LogP contribution in [0.2, 0.25) is 0 Å². The molecule has 96 valence electrons. The third-order valence-corrected chi connectivity index (χ3v) is 3.32. The monoisotopic (exact) mass is 244 g/mol. The van der Waals surface area contributed by atoms with Gasteiger partial charge in [0.15, 0.2) is 0 Å². The summed E-state index contributed by atoms with van der Waals surface area (Å²) in [5.74, 6) is -0.0974. The van der Waals surface area contributed by atoms with Gasteiger partial charge in [-0.3, -0.25) is 4.79 Å². The van der Waals surface area contributed by atoms with E-state index in [9.17, 15) is 4.79 Å². The van der Waals surface area contributed by atoms with Crippen LogP contribution in [0.4, 0.5) is 0 Å². The van der Waals surface area contributed by atoms with Crippen LogP contribution in [0.15, 0.2) is 42.0 Å². The van der Waals surface area contributed by atoms with Gasteiger partial charge in [-0.2, -0.15) is 0 Å². The molecule has 0 aliphatic heterocycles. The zero-order chi connectivity index (χ0) is 12.8. The highest BCUT2D eigenvalue weighted by Gasteiger charge is 2.14. The molecule has 0 unspecified atom stereocenters. The van der Waals surface area contributed by atoms with Crippen LogP contribution < -0.4 is 11.1 Å². The molecule has 0 spiro atoms. The lowest BCUT2D eigenvalue weighted by Crippen LogP contribution is -2.34. The molecule has 0 saturated heterocycles. The average molecular weight is 244 g/mol. The van der Waals surface area contributed by atoms with E-state index in [1.807, 2.05) is 30.3 Å². The van der Waals surface area contributed by atoms with Gasteiger partial charge in [-0.1, -0.05) is 42.0 Å². The Labute approximate surface area is 108 Å². The molecule has 1 aromatic carbocycles. The van der Waals surface area contributed by atoms with Gasteiger partial charge in [0.05, 0.1) is 0 Å². The maximum absolute atomic E-state index is 11.9. The van der Waals surface area contributed by atoms with Crippen molar-refractivity contribution in [3.63, 3.8) is 0 Å². The molecule has 1 amide bonds. The van der Waals surface area contributed by atoms with E-state index in [0.29, 0.717) is 6.54 Å². The molecule has 0 radical (unpaired) electrons. The van der Waals surface area contributed by atoms with Crippen molar-refractivity contribution in [2.45, 2.75) is 31.7 Å². The highest BCUT2D eigenvalue weighted by atomic mass is 16.2. The SMILES string of the molecule is N[C@@H](C(=O)NCCC1=CCCC1)c1ccccc1. The number of allylic oxidation sites excluding steroid dienone is 1. The standard InChI is InChI=1S/C15H20N2O/c16-14(13-8-2-1-3-9-13)15(18)17-11-10-12-6-4-5-7-12/h1-3,6,8-9,14H,4-5,7,10-11,16H2,(H,17,18)/t14-/m1/s1. The number of rotatable bonds is 5. The Morgan fingerprint density at radius 3 is 2.78 bits per heavy atom. The summed E-state index contributed by atoms with van der Waals surface area (Å²) in [5, 5.41) is 2.90. The molecule has 3 heteroatoms. The second-order valence-corrected chi connectivity index (χ2v) is 4.68. The molecular formula is C15H20N2O. The summed E-state index contributed by atoms with van der Waals surface area (Å²) in [7, 11) is 0. The Hall–Kier alpha value is -1.61. The van der Waals surface area contributed by atoms with Crippen LogP contribution in [0.5, 0.6) is 0 Å². The predicted octanol–water partition coefficient (Wildman–Crippen LogP) is 2.30. The normalized spacial score (nSPS) is 16.2. The van der Waals surface area contributed by atoms with E-state index in [1.54, 1.807) is 0 Å². The van der Waals surface area contributed by atoms with E-state index < -0.39 is 6.04 Å². The molecule has 1 aromatic rings. The smallest absolute Gasteiger partial charge is 0.241 e. The summed E-state index contributed by atoms with van der Waals surface area (Å²) in [6.45, 7) is 0.686. The molecule has 2 rings (SSSR count). The Morgan fingerprint density at radius 1 is 1.33 bits per heavy atom. The summed E-state index contributed by atoms with van der Waals surface area (Å²) in [5.41, 5.74) is 8.22. The van der Waals surface area contributed by atoms with E-state index in [4.69, 9.17) is 5.73 Å². The second kappa shape index (κ2) is 6.36. The average Bonchev–Trinajstić information content (AvgIpc) is 2.92. The van der Waals surface area contributed by atoms with Crippen molar-refractivity contribution in [1.29, 1.82) is 0 Å². The van der Waals surface area contributed by atoms with Crippen LogP contribution >= 0.6 is 0 Å². The van der Waals surface area contributed by atoms with Crippen LogP contribution in [0.3, 0.4) is 0 Å². The molecule has 1 atom stereocenters. The summed E-state index contributed by atoms with van der Waals surface area (Å²) < 4.78 is 0. The summed E-state index contributed by atoms with van der Waals surface area (Å²) in [6.07, 6.45) is 6.86. The van der Waals surface area contributed by atoms with Crippen molar-refractivity contribution in [1.82, 2.24) is 5.32 Å². The number of amides is 1. The maximum Gasteiger partial charge on any atom is 0.241 e. The molecule has 1 aliphatic carbocycles. The predicted molar refractivity (Wildman–Crippen MR) is 72.9 cm³/mol. The minimum atomic E-state index is -0.566. The fraction of sp³-hybridized carbons (Fsp3) is 0.400. The quantitative estimate of drug-likeness (QED) is 0.781. The Kier molecular flexibility index (Phi) is 4.53. The number of hydrogen-bond donors (Lipinski definition) is 2. The number of carbonyl (C=O) groups excluding carboxylic acids is 1. The highest BCUT2D eigenvalue weighted by molar-refractivity contribution is 5.82. The molecule has 3 N–H and O–H groups in total. The van der Waals surface area contributed by atoms with Crippen molar-refractivity contribution in [3.05, 3.63) is 47.5 Å². The van der Waals surface area contributed by atoms with Crippen LogP contribution in [0.25, 0.3) is 0 Å². The molecule has 18 heavy (non-hydrogen) atoms. The lowest BCUT2D eigenvalue weighted by Gasteiger charge is -2.12. The third-order valence-electron chi connectivity index (χ3n) is 3.32. The molecule has 0 bridgehead atoms. The van der Waals surface area contributed by atoms with E-state index >= 15 is 0 Å². The minimum absolute atomic E-state index is 0.0974. The van der Waals surface area contributed by atoms with Gasteiger partial charge in [0.1, 0.15) is 6.04 Å². The van der Waals surface area contributed by atoms with E-state index in [1.165, 1.54) is 24.8 Å². The topological polar surface area (TPSA) is 55.1 Å². The fourth-order valence-corrected chi connectivity index (χ4v) is 2.23. The first kappa shape index (κ1) is 12.8. The minimum Gasteiger partial charge on any atom is -0.354 e. The summed E-state index contributed by atoms with van der Waals surface area (Å²) >= 11 is 0. The van der Waals surface area contributed by atoms with Gasteiger partial charge in [-0.15, -0.1) is 0 Å². The maximum atomic E-state index is 11.9. The molecule has 0 saturated carbocycles. The van der Waals surface area contributed by atoms with Crippen molar-refractivity contribution in [3.8, 4) is 0 Å². The van der Waals surface area contributed by atoms with Crippen molar-refractivity contribution in [2.75, 3.05) is 6.54 Å². The number of nitrogens with one attached hydrogen (secondary N) is 1. The molecule has 0 aromatic heterocycles. The zero-order valence-electron chi connectivity index (χ0n) is 10.6. The molecule has 0 fully saturated rings. The van der Waals surface area contributed by atoms with Gasteiger partial charge in [-0.05, 0) is 31.2 Å². The van der Waals surface area contributed by atoms with Gasteiger partial charge >= 0.3 is 0 Å². The van der Waals surface area contributed by atoms with Crippen molar-refractivity contribution in [2.24, 2.45) is 5.73 Å². The second-order valence-electron chi connectivity index (χ2n) is 4.68. The largest absolute Gasteiger partial charge is 0.354 e. The molecule has 3 nitrogen and oxygen atoms in total. The van der Waals surface area contributed by atoms with Gasteiger partial charge in [0.2, 0.25) is 5.91 Å². The van der Waals surface area contributed by atoms with Crippen molar-refractivity contribution >= 4 is 5.91 Å². The van der Waals surface area contributed by atoms with Gasteiger partial charge in [-0.25, -0.2) is 0 Å². The molecule has 0 heterocycles. The Bertz CT molecular complexity index is 425. The first-order valence-corrected chi connectivity index (χ1v) is 6.53. The highest BCUT2D eigenvalue weighted by Crippen LogP contribution is 2.19. The zero-order valence-corrected chi connectivity index (χ0v) is 10.6. The van der Waals surface area contributed by atoms with E-state index in [-0.39, 0.29) is 5.91 Å². The van der Waals surface area contributed by atoms with Gasteiger partial charge < -0.3 is 11.1 Å². The number of carbonyl (C=O) groups is 1. The summed E-state index contributed by atoms with van der Waals surface area (Å²) in [6, 6.07) is 8.90. The number of hydrogen-bond acceptors (Lipinski definition) is 2. The Morgan fingerprint density at radius 2 is 2.11 bits per heavy atom. The first-order valence-electron chi connectivity index (χ1n) is 6.53. The first-order chi connectivity index (χ1) is 8.77. The van der Waals surface area contributed by atoms with Crippen LogP contribution in [0.1, 0.15) is 37.3 Å². The van der Waals surface area contributed by atoms with Gasteiger partial charge in [0.25, 0.3) is 0 Å². The van der Waals surface area contributed by atoms with Gasteiger partial charge in [0, 0.05) is 6.54 Å². The number of nitrogens with two attached hydrogens (primary N) is 1.